The number of nitrogens with zero attached hydrogens (tertiary/aromatic N) is 1. The molecule has 3 rings (SSSR count). The highest BCUT2D eigenvalue weighted by Gasteiger charge is 2.32. The summed E-state index contributed by atoms with van der Waals surface area (Å²) in [5.41, 5.74) is 3.42. The van der Waals surface area contributed by atoms with Crippen LogP contribution in [0.3, 0.4) is 0 Å². The lowest BCUT2D eigenvalue weighted by Crippen LogP contribution is -2.27. The Morgan fingerprint density at radius 1 is 1.00 bits per heavy atom. The van der Waals surface area contributed by atoms with Gasteiger partial charge in [0.25, 0.3) is 0 Å². The van der Waals surface area contributed by atoms with Gasteiger partial charge >= 0.3 is 0 Å². The standard InChI is InChI=1S/C29H37NO4/c1-4-7-13-25(31)29-24(19-23(20-26(29)32)22-11-9-8-10-12-22)30-17-16-21-14-15-27(33-5-2)28(18-21)34-6-3/h8-12,14-15,18,23,31H,4-7,13,16-17,19-20H2,1-3H3/b29-25+,30-24?. The van der Waals surface area contributed by atoms with Crippen LogP contribution in [0, 0.1) is 0 Å². The molecular formula is C29H37NO4. The number of aliphatic hydroxyl groups is 1. The zero-order chi connectivity index (χ0) is 24.3. The molecule has 0 bridgehead atoms. The first-order valence-corrected chi connectivity index (χ1v) is 12.5. The molecule has 1 aliphatic carbocycles. The third-order valence-electron chi connectivity index (χ3n) is 6.08. The molecule has 0 radical (unpaired) electrons. The Hall–Kier alpha value is -3.08. The minimum absolute atomic E-state index is 0.00726. The van der Waals surface area contributed by atoms with E-state index in [4.69, 9.17) is 14.5 Å². The second-order valence-corrected chi connectivity index (χ2v) is 8.59. The summed E-state index contributed by atoms with van der Waals surface area (Å²) in [5.74, 6) is 1.76. The van der Waals surface area contributed by atoms with Gasteiger partial charge in [0.1, 0.15) is 5.76 Å². The van der Waals surface area contributed by atoms with Gasteiger partial charge in [-0.25, -0.2) is 0 Å². The minimum Gasteiger partial charge on any atom is -0.511 e. The highest BCUT2D eigenvalue weighted by atomic mass is 16.5. The van der Waals surface area contributed by atoms with Crippen molar-refractivity contribution in [2.45, 2.75) is 65.2 Å². The molecule has 34 heavy (non-hydrogen) atoms. The normalized spacial score (nSPS) is 18.7. The third-order valence-corrected chi connectivity index (χ3v) is 6.08. The number of benzene rings is 2. The summed E-state index contributed by atoms with van der Waals surface area (Å²) < 4.78 is 11.4. The Morgan fingerprint density at radius 3 is 2.44 bits per heavy atom. The summed E-state index contributed by atoms with van der Waals surface area (Å²) in [7, 11) is 0. The molecule has 0 aliphatic heterocycles. The summed E-state index contributed by atoms with van der Waals surface area (Å²) in [6.45, 7) is 7.68. The fourth-order valence-electron chi connectivity index (χ4n) is 4.37. The molecular weight excluding hydrogens is 426 g/mol. The fraction of sp³-hybridized carbons (Fsp3) is 0.448. The van der Waals surface area contributed by atoms with Gasteiger partial charge in [-0.1, -0.05) is 49.7 Å². The molecule has 1 fully saturated rings. The summed E-state index contributed by atoms with van der Waals surface area (Å²) in [6.07, 6.45) is 4.11. The second-order valence-electron chi connectivity index (χ2n) is 8.59. The predicted molar refractivity (Wildman–Crippen MR) is 137 cm³/mol. The van der Waals surface area contributed by atoms with E-state index in [1.54, 1.807) is 0 Å². The lowest BCUT2D eigenvalue weighted by Gasteiger charge is -2.26. The van der Waals surface area contributed by atoms with Crippen molar-refractivity contribution in [3.8, 4) is 11.5 Å². The minimum atomic E-state index is -0.00726. The van der Waals surface area contributed by atoms with E-state index in [1.165, 1.54) is 0 Å². The molecule has 5 heteroatoms. The number of rotatable bonds is 11. The van der Waals surface area contributed by atoms with Gasteiger partial charge in [0.15, 0.2) is 17.3 Å². The van der Waals surface area contributed by atoms with E-state index < -0.39 is 0 Å². The number of ether oxygens (including phenoxy) is 2. The maximum absolute atomic E-state index is 13.1. The van der Waals surface area contributed by atoms with Crippen LogP contribution in [-0.2, 0) is 11.2 Å². The number of unbranched alkanes of at least 4 members (excludes halogenated alkanes) is 1. The molecule has 5 nitrogen and oxygen atoms in total. The van der Waals surface area contributed by atoms with Gasteiger partial charge in [0, 0.05) is 25.1 Å². The molecule has 1 saturated carbocycles. The molecule has 0 aromatic heterocycles. The lowest BCUT2D eigenvalue weighted by molar-refractivity contribution is -0.116. The Balaban J connectivity index is 1.82. The Kier molecular flexibility index (Phi) is 9.75. The quantitative estimate of drug-likeness (QED) is 0.300. The van der Waals surface area contributed by atoms with E-state index in [1.807, 2.05) is 50.2 Å². The zero-order valence-corrected chi connectivity index (χ0v) is 20.7. The summed E-state index contributed by atoms with van der Waals surface area (Å²) in [4.78, 5) is 18.0. The van der Waals surface area contributed by atoms with Crippen molar-refractivity contribution in [3.63, 3.8) is 0 Å². The van der Waals surface area contributed by atoms with E-state index in [9.17, 15) is 9.90 Å². The van der Waals surface area contributed by atoms with E-state index in [2.05, 4.69) is 19.1 Å². The Morgan fingerprint density at radius 2 is 1.74 bits per heavy atom. The number of aliphatic imine (C=N–C) groups is 1. The molecule has 2 aromatic carbocycles. The Bertz CT molecular complexity index is 1010. The number of aliphatic hydroxyl groups excluding tert-OH is 1. The first-order chi connectivity index (χ1) is 16.6. The van der Waals surface area contributed by atoms with Gasteiger partial charge in [-0.3, -0.25) is 9.79 Å². The number of carbonyl (C=O) groups excluding carboxylic acids is 1. The van der Waals surface area contributed by atoms with Gasteiger partial charge < -0.3 is 14.6 Å². The van der Waals surface area contributed by atoms with Crippen molar-refractivity contribution >= 4 is 11.5 Å². The molecule has 0 spiro atoms. The van der Waals surface area contributed by atoms with Crippen LogP contribution >= 0.6 is 0 Å². The van der Waals surface area contributed by atoms with Crippen LogP contribution in [0.4, 0.5) is 0 Å². The molecule has 1 atom stereocenters. The van der Waals surface area contributed by atoms with Gasteiger partial charge in [-0.15, -0.1) is 0 Å². The number of hydrogen-bond acceptors (Lipinski definition) is 5. The van der Waals surface area contributed by atoms with E-state index >= 15 is 0 Å². The van der Waals surface area contributed by atoms with Gasteiger partial charge in [-0.05, 0) is 62.3 Å². The van der Waals surface area contributed by atoms with Crippen LogP contribution in [0.25, 0.3) is 0 Å². The topological polar surface area (TPSA) is 68.1 Å². The first-order valence-electron chi connectivity index (χ1n) is 12.5. The number of ketones is 1. The Labute approximate surface area is 203 Å². The molecule has 1 N–H and O–H groups in total. The lowest BCUT2D eigenvalue weighted by atomic mass is 9.78. The monoisotopic (exact) mass is 463 g/mol. The zero-order valence-electron chi connectivity index (χ0n) is 20.7. The molecule has 0 amide bonds. The van der Waals surface area contributed by atoms with Gasteiger partial charge in [0.2, 0.25) is 0 Å². The smallest absolute Gasteiger partial charge is 0.168 e. The van der Waals surface area contributed by atoms with Crippen molar-refractivity contribution in [2.75, 3.05) is 19.8 Å². The van der Waals surface area contributed by atoms with Gasteiger partial charge in [0.05, 0.1) is 18.8 Å². The molecule has 2 aromatic rings. The van der Waals surface area contributed by atoms with Crippen LogP contribution in [0.1, 0.15) is 69.9 Å². The highest BCUT2D eigenvalue weighted by Crippen LogP contribution is 2.34. The highest BCUT2D eigenvalue weighted by molar-refractivity contribution is 6.24. The first kappa shape index (κ1) is 25.5. The average Bonchev–Trinajstić information content (AvgIpc) is 2.84. The molecule has 0 saturated heterocycles. The van der Waals surface area contributed by atoms with Crippen LogP contribution in [-0.4, -0.2) is 36.4 Å². The van der Waals surface area contributed by atoms with Crippen molar-refractivity contribution in [2.24, 2.45) is 4.99 Å². The van der Waals surface area contributed by atoms with Crippen LogP contribution in [0.2, 0.25) is 0 Å². The molecule has 182 valence electrons. The number of hydrogen-bond donors (Lipinski definition) is 1. The van der Waals surface area contributed by atoms with Crippen LogP contribution < -0.4 is 9.47 Å². The SMILES string of the molecule is CCCC/C(O)=C1\C(=O)CC(c2ccccc2)CC1=NCCc1ccc(OCC)c(OCC)c1. The molecule has 1 aliphatic rings. The van der Waals surface area contributed by atoms with E-state index in [-0.39, 0.29) is 17.5 Å². The van der Waals surface area contributed by atoms with E-state index in [0.29, 0.717) is 51.0 Å². The fourth-order valence-corrected chi connectivity index (χ4v) is 4.37. The summed E-state index contributed by atoms with van der Waals surface area (Å²) in [6, 6.07) is 16.1. The maximum Gasteiger partial charge on any atom is 0.168 e. The van der Waals surface area contributed by atoms with Crippen molar-refractivity contribution in [1.29, 1.82) is 0 Å². The van der Waals surface area contributed by atoms with Gasteiger partial charge in [-0.2, -0.15) is 0 Å². The largest absolute Gasteiger partial charge is 0.511 e. The molecule has 1 unspecified atom stereocenters. The van der Waals surface area contributed by atoms with Crippen molar-refractivity contribution in [1.82, 2.24) is 0 Å². The number of carbonyl (C=O) groups is 1. The van der Waals surface area contributed by atoms with Crippen molar-refractivity contribution < 1.29 is 19.4 Å². The molecule has 0 heterocycles. The second kappa shape index (κ2) is 13.0. The van der Waals surface area contributed by atoms with Crippen molar-refractivity contribution in [3.05, 3.63) is 71.0 Å². The summed E-state index contributed by atoms with van der Waals surface area (Å²) >= 11 is 0. The van der Waals surface area contributed by atoms with E-state index in [0.717, 1.165) is 41.2 Å². The number of Topliss-reactive ketones (excluding diaryl/α,β-unsaturated/α-hetero) is 1. The van der Waals surface area contributed by atoms with Crippen LogP contribution in [0.5, 0.6) is 11.5 Å². The summed E-state index contributed by atoms with van der Waals surface area (Å²) in [5, 5.41) is 10.7. The predicted octanol–water partition coefficient (Wildman–Crippen LogP) is 6.62. The maximum atomic E-state index is 13.1. The average molecular weight is 464 g/mol. The van der Waals surface area contributed by atoms with Crippen LogP contribution in [0.15, 0.2) is 64.9 Å². The number of allylic oxidation sites excluding steroid dienone is 2. The third kappa shape index (κ3) is 6.72.